The standard InChI is InChI=1S/C20H20N2O/c1-14-11-17-5-2-3-8-19(17)22(14)13-20(23)21-18-10-9-15-6-4-7-16(15)12-18/h2-3,5,8-12H,4,6-7,13H2,1H3,(H,21,23). The summed E-state index contributed by atoms with van der Waals surface area (Å²) in [5, 5.41) is 4.22. The largest absolute Gasteiger partial charge is 0.335 e. The van der Waals surface area contributed by atoms with Gasteiger partial charge >= 0.3 is 0 Å². The minimum Gasteiger partial charge on any atom is -0.335 e. The Kier molecular flexibility index (Phi) is 3.41. The van der Waals surface area contributed by atoms with Crippen molar-refractivity contribution in [3.63, 3.8) is 0 Å². The molecule has 1 heterocycles. The molecule has 1 aliphatic carbocycles. The van der Waals surface area contributed by atoms with Crippen LogP contribution in [0.5, 0.6) is 0 Å². The third kappa shape index (κ3) is 2.63. The number of anilines is 1. The number of aromatic nitrogens is 1. The molecule has 3 aromatic rings. The molecule has 1 amide bonds. The van der Waals surface area contributed by atoms with Gasteiger partial charge in [-0.1, -0.05) is 24.3 Å². The maximum absolute atomic E-state index is 12.4. The lowest BCUT2D eigenvalue weighted by Gasteiger charge is -2.10. The van der Waals surface area contributed by atoms with Crippen molar-refractivity contribution in [1.82, 2.24) is 4.57 Å². The Labute approximate surface area is 135 Å². The fourth-order valence-electron chi connectivity index (χ4n) is 3.55. The normalized spacial score (nSPS) is 13.3. The van der Waals surface area contributed by atoms with Gasteiger partial charge in [-0.25, -0.2) is 0 Å². The molecule has 0 bridgehead atoms. The van der Waals surface area contributed by atoms with E-state index in [1.807, 2.05) is 25.1 Å². The van der Waals surface area contributed by atoms with Crippen LogP contribution in [0.2, 0.25) is 0 Å². The number of amides is 1. The Bertz CT molecular complexity index is 892. The molecular formula is C20H20N2O. The summed E-state index contributed by atoms with van der Waals surface area (Å²) < 4.78 is 2.07. The number of fused-ring (bicyclic) bond motifs is 2. The van der Waals surface area contributed by atoms with Gasteiger partial charge in [-0.05, 0) is 67.0 Å². The highest BCUT2D eigenvalue weighted by molar-refractivity contribution is 5.92. The van der Waals surface area contributed by atoms with Crippen molar-refractivity contribution in [2.45, 2.75) is 32.7 Å². The summed E-state index contributed by atoms with van der Waals surface area (Å²) in [6.07, 6.45) is 3.51. The number of aryl methyl sites for hydroxylation is 3. The third-order valence-electron chi connectivity index (χ3n) is 4.70. The van der Waals surface area contributed by atoms with Crippen molar-refractivity contribution in [2.24, 2.45) is 0 Å². The van der Waals surface area contributed by atoms with Crippen LogP contribution in [0.25, 0.3) is 10.9 Å². The first-order chi connectivity index (χ1) is 11.2. The van der Waals surface area contributed by atoms with Gasteiger partial charge in [0.25, 0.3) is 0 Å². The number of hydrogen-bond donors (Lipinski definition) is 1. The molecule has 0 unspecified atom stereocenters. The molecule has 0 saturated carbocycles. The van der Waals surface area contributed by atoms with Gasteiger partial charge in [-0.3, -0.25) is 4.79 Å². The van der Waals surface area contributed by atoms with Gasteiger partial charge < -0.3 is 9.88 Å². The Balaban J connectivity index is 1.54. The molecule has 4 rings (SSSR count). The number of para-hydroxylation sites is 1. The number of rotatable bonds is 3. The minimum atomic E-state index is 0.0207. The number of nitrogens with zero attached hydrogens (tertiary/aromatic N) is 1. The molecule has 1 aliphatic rings. The van der Waals surface area contributed by atoms with E-state index < -0.39 is 0 Å². The van der Waals surface area contributed by atoms with Gasteiger partial charge in [0.15, 0.2) is 0 Å². The highest BCUT2D eigenvalue weighted by atomic mass is 16.1. The van der Waals surface area contributed by atoms with E-state index in [1.54, 1.807) is 0 Å². The van der Waals surface area contributed by atoms with Crippen molar-refractivity contribution >= 4 is 22.5 Å². The second-order valence-corrected chi connectivity index (χ2v) is 6.32. The van der Waals surface area contributed by atoms with Gasteiger partial charge in [0.1, 0.15) is 6.54 Å². The van der Waals surface area contributed by atoms with Crippen molar-refractivity contribution < 1.29 is 4.79 Å². The molecule has 0 spiro atoms. The maximum Gasteiger partial charge on any atom is 0.244 e. The molecule has 3 nitrogen and oxygen atoms in total. The third-order valence-corrected chi connectivity index (χ3v) is 4.70. The minimum absolute atomic E-state index is 0.0207. The molecule has 0 atom stereocenters. The molecule has 2 aromatic carbocycles. The lowest BCUT2D eigenvalue weighted by atomic mass is 10.1. The van der Waals surface area contributed by atoms with Gasteiger partial charge in [0, 0.05) is 16.9 Å². The molecule has 0 aliphatic heterocycles. The first-order valence-corrected chi connectivity index (χ1v) is 8.17. The molecule has 0 saturated heterocycles. The van der Waals surface area contributed by atoms with Crippen molar-refractivity contribution in [3.05, 3.63) is 65.4 Å². The van der Waals surface area contributed by atoms with Crippen LogP contribution >= 0.6 is 0 Å². The average Bonchev–Trinajstić information content (AvgIpc) is 3.12. The summed E-state index contributed by atoms with van der Waals surface area (Å²) in [6, 6.07) is 16.6. The summed E-state index contributed by atoms with van der Waals surface area (Å²) in [5.41, 5.74) is 5.93. The van der Waals surface area contributed by atoms with E-state index in [0.29, 0.717) is 6.54 Å². The maximum atomic E-state index is 12.4. The van der Waals surface area contributed by atoms with E-state index in [2.05, 4.69) is 40.2 Å². The quantitative estimate of drug-likeness (QED) is 0.777. The van der Waals surface area contributed by atoms with E-state index in [9.17, 15) is 4.79 Å². The monoisotopic (exact) mass is 304 g/mol. The molecule has 116 valence electrons. The van der Waals surface area contributed by atoms with Crippen LogP contribution in [0.1, 0.15) is 23.2 Å². The lowest BCUT2D eigenvalue weighted by Crippen LogP contribution is -2.19. The smallest absolute Gasteiger partial charge is 0.244 e. The van der Waals surface area contributed by atoms with Crippen LogP contribution in [-0.2, 0) is 24.2 Å². The summed E-state index contributed by atoms with van der Waals surface area (Å²) >= 11 is 0. The SMILES string of the molecule is Cc1cc2ccccc2n1CC(=O)Nc1ccc2c(c1)CCC2. The summed E-state index contributed by atoms with van der Waals surface area (Å²) in [7, 11) is 0. The van der Waals surface area contributed by atoms with Crippen LogP contribution in [0.15, 0.2) is 48.5 Å². The van der Waals surface area contributed by atoms with Crippen LogP contribution in [0.3, 0.4) is 0 Å². The van der Waals surface area contributed by atoms with Crippen molar-refractivity contribution in [2.75, 3.05) is 5.32 Å². The van der Waals surface area contributed by atoms with E-state index in [-0.39, 0.29) is 5.91 Å². The second kappa shape index (κ2) is 5.58. The molecule has 3 heteroatoms. The summed E-state index contributed by atoms with van der Waals surface area (Å²) in [6.45, 7) is 2.39. The zero-order valence-corrected chi connectivity index (χ0v) is 13.3. The van der Waals surface area contributed by atoms with Gasteiger partial charge in [0.05, 0.1) is 0 Å². The van der Waals surface area contributed by atoms with E-state index in [4.69, 9.17) is 0 Å². The Morgan fingerprint density at radius 2 is 1.91 bits per heavy atom. The predicted molar refractivity (Wildman–Crippen MR) is 93.8 cm³/mol. The van der Waals surface area contributed by atoms with Crippen molar-refractivity contribution in [3.8, 4) is 0 Å². The number of nitrogens with one attached hydrogen (secondary N) is 1. The van der Waals surface area contributed by atoms with Crippen LogP contribution < -0.4 is 5.32 Å². The Morgan fingerprint density at radius 1 is 1.09 bits per heavy atom. The van der Waals surface area contributed by atoms with Crippen LogP contribution in [-0.4, -0.2) is 10.5 Å². The molecule has 1 aromatic heterocycles. The Hall–Kier alpha value is -2.55. The highest BCUT2D eigenvalue weighted by Crippen LogP contribution is 2.25. The second-order valence-electron chi connectivity index (χ2n) is 6.32. The zero-order chi connectivity index (χ0) is 15.8. The molecule has 23 heavy (non-hydrogen) atoms. The first-order valence-electron chi connectivity index (χ1n) is 8.17. The summed E-state index contributed by atoms with van der Waals surface area (Å²) in [4.78, 5) is 12.4. The first kappa shape index (κ1) is 14.1. The Morgan fingerprint density at radius 3 is 2.83 bits per heavy atom. The number of hydrogen-bond acceptors (Lipinski definition) is 1. The number of carbonyl (C=O) groups excluding carboxylic acids is 1. The van der Waals surface area contributed by atoms with E-state index >= 15 is 0 Å². The lowest BCUT2D eigenvalue weighted by molar-refractivity contribution is -0.116. The average molecular weight is 304 g/mol. The van der Waals surface area contributed by atoms with E-state index in [0.717, 1.165) is 29.7 Å². The van der Waals surface area contributed by atoms with Crippen LogP contribution in [0.4, 0.5) is 5.69 Å². The van der Waals surface area contributed by atoms with E-state index in [1.165, 1.54) is 22.9 Å². The van der Waals surface area contributed by atoms with Gasteiger partial charge in [-0.2, -0.15) is 0 Å². The van der Waals surface area contributed by atoms with Gasteiger partial charge in [-0.15, -0.1) is 0 Å². The molecule has 0 radical (unpaired) electrons. The molecule has 0 fully saturated rings. The van der Waals surface area contributed by atoms with Crippen LogP contribution in [0, 0.1) is 6.92 Å². The zero-order valence-electron chi connectivity index (χ0n) is 13.3. The number of carbonyl (C=O) groups is 1. The molecule has 1 N–H and O–H groups in total. The molecular weight excluding hydrogens is 284 g/mol. The topological polar surface area (TPSA) is 34.0 Å². The van der Waals surface area contributed by atoms with Crippen molar-refractivity contribution in [1.29, 1.82) is 0 Å². The predicted octanol–water partition coefficient (Wildman–Crippen LogP) is 4.08. The fraction of sp³-hybridized carbons (Fsp3) is 0.250. The summed E-state index contributed by atoms with van der Waals surface area (Å²) in [5.74, 6) is 0.0207. The highest BCUT2D eigenvalue weighted by Gasteiger charge is 2.13. The fourth-order valence-corrected chi connectivity index (χ4v) is 3.55. The number of benzene rings is 2. The van der Waals surface area contributed by atoms with Gasteiger partial charge in [0.2, 0.25) is 5.91 Å².